The highest BCUT2D eigenvalue weighted by Gasteiger charge is 2.11. The lowest BCUT2D eigenvalue weighted by atomic mass is 10.2. The average Bonchev–Trinajstić information content (AvgIpc) is 3.32. The van der Waals surface area contributed by atoms with Crippen molar-refractivity contribution in [3.8, 4) is 23.0 Å². The van der Waals surface area contributed by atoms with Gasteiger partial charge in [-0.1, -0.05) is 0 Å². The Morgan fingerprint density at radius 1 is 1.37 bits per heavy atom. The average molecular weight is 452 g/mol. The van der Waals surface area contributed by atoms with Crippen molar-refractivity contribution in [2.45, 2.75) is 0 Å². The molecule has 1 N–H and O–H groups in total. The van der Waals surface area contributed by atoms with E-state index in [2.05, 4.69) is 26.0 Å². The van der Waals surface area contributed by atoms with Gasteiger partial charge in [-0.3, -0.25) is 4.99 Å². The summed E-state index contributed by atoms with van der Waals surface area (Å²) in [5.41, 5.74) is 1.55. The van der Waals surface area contributed by atoms with Gasteiger partial charge in [-0.05, 0) is 45.8 Å². The fraction of sp³-hybridized carbons (Fsp3) is 0.222. The number of nitrogens with zero attached hydrogens (tertiary/aromatic N) is 3. The third-order valence-electron chi connectivity index (χ3n) is 3.59. The van der Waals surface area contributed by atoms with Crippen LogP contribution in [0.2, 0.25) is 0 Å². The molecule has 0 bridgehead atoms. The van der Waals surface area contributed by atoms with Gasteiger partial charge in [0.05, 0.1) is 37.2 Å². The summed E-state index contributed by atoms with van der Waals surface area (Å²) < 4.78 is 18.0. The van der Waals surface area contributed by atoms with Crippen LogP contribution in [0, 0.1) is 0 Å². The largest absolute Gasteiger partial charge is 0.503 e. The lowest BCUT2D eigenvalue weighted by Gasteiger charge is -2.06. The third kappa shape index (κ3) is 4.49. The van der Waals surface area contributed by atoms with Crippen LogP contribution in [0.25, 0.3) is 11.5 Å². The second kappa shape index (κ2) is 9.03. The Balaban J connectivity index is 2.02. The number of halogens is 1. The number of ether oxygens (including phenoxy) is 2. The minimum absolute atomic E-state index is 0.0457. The molecule has 0 unspecified atom stereocenters. The number of hydrogen-bond donors (Lipinski definition) is 1. The van der Waals surface area contributed by atoms with Gasteiger partial charge in [-0.2, -0.15) is 5.10 Å². The van der Waals surface area contributed by atoms with E-state index < -0.39 is 0 Å². The molecule has 0 atom stereocenters. The summed E-state index contributed by atoms with van der Waals surface area (Å²) >= 11 is 4.78. The Bertz CT molecular complexity index is 993. The van der Waals surface area contributed by atoms with E-state index in [0.717, 1.165) is 16.1 Å². The Hall–Kier alpha value is -2.36. The molecular formula is C18H18BrN3O4S. The zero-order chi connectivity index (χ0) is 19.2. The van der Waals surface area contributed by atoms with Gasteiger partial charge >= 0.3 is 0 Å². The molecule has 0 radical (unpaired) electrons. The Morgan fingerprint density at radius 3 is 2.93 bits per heavy atom. The van der Waals surface area contributed by atoms with Crippen molar-refractivity contribution in [3.05, 3.63) is 50.7 Å². The van der Waals surface area contributed by atoms with Crippen molar-refractivity contribution in [2.75, 3.05) is 27.4 Å². The molecule has 0 fully saturated rings. The quantitative estimate of drug-likeness (QED) is 0.438. The lowest BCUT2D eigenvalue weighted by molar-refractivity contribution is 0.207. The summed E-state index contributed by atoms with van der Waals surface area (Å²) in [6.07, 6.45) is 3.28. The molecule has 0 spiro atoms. The molecule has 0 aliphatic rings. The molecule has 27 heavy (non-hydrogen) atoms. The first-order valence-electron chi connectivity index (χ1n) is 7.98. The fourth-order valence-electron chi connectivity index (χ4n) is 2.29. The molecule has 0 saturated carbocycles. The molecule has 0 aliphatic heterocycles. The molecule has 7 nitrogen and oxygen atoms in total. The maximum atomic E-state index is 9.95. The summed E-state index contributed by atoms with van der Waals surface area (Å²) in [5.74, 6) is 1.10. The second-order valence-corrected chi connectivity index (χ2v) is 7.06. The number of methoxy groups -OCH3 is 2. The van der Waals surface area contributed by atoms with Gasteiger partial charge < -0.3 is 19.0 Å². The van der Waals surface area contributed by atoms with Crippen LogP contribution < -0.4 is 9.54 Å². The number of aromatic hydroxyl groups is 1. The zero-order valence-corrected chi connectivity index (χ0v) is 17.2. The van der Waals surface area contributed by atoms with Crippen molar-refractivity contribution >= 4 is 33.5 Å². The molecular weight excluding hydrogens is 434 g/mol. The topological polar surface area (TPSA) is 81.5 Å². The first-order valence-corrected chi connectivity index (χ1v) is 9.66. The predicted octanol–water partition coefficient (Wildman–Crippen LogP) is 3.72. The molecule has 3 rings (SSSR count). The molecule has 1 aromatic carbocycles. The number of phenolic OH excluding ortho intramolecular Hbond substituents is 1. The van der Waals surface area contributed by atoms with Crippen molar-refractivity contribution in [1.29, 1.82) is 0 Å². The highest BCUT2D eigenvalue weighted by atomic mass is 79.9. The second-order valence-electron chi connectivity index (χ2n) is 5.37. The van der Waals surface area contributed by atoms with Crippen LogP contribution >= 0.6 is 27.3 Å². The number of hydrogen-bond acceptors (Lipinski definition) is 7. The molecule has 0 amide bonds. The predicted molar refractivity (Wildman–Crippen MR) is 108 cm³/mol. The number of benzene rings is 1. The molecule has 0 saturated heterocycles. The van der Waals surface area contributed by atoms with E-state index in [1.807, 2.05) is 17.5 Å². The van der Waals surface area contributed by atoms with E-state index in [4.69, 9.17) is 13.9 Å². The molecule has 0 aliphatic carbocycles. The van der Waals surface area contributed by atoms with Crippen molar-refractivity contribution < 1.29 is 19.0 Å². The number of furan rings is 1. The van der Waals surface area contributed by atoms with Crippen LogP contribution in [0.1, 0.15) is 5.56 Å². The van der Waals surface area contributed by atoms with Crippen LogP contribution in [0.15, 0.2) is 54.9 Å². The van der Waals surface area contributed by atoms with E-state index in [0.29, 0.717) is 29.1 Å². The Kier molecular flexibility index (Phi) is 6.49. The van der Waals surface area contributed by atoms with E-state index in [1.165, 1.54) is 18.4 Å². The van der Waals surface area contributed by atoms with Crippen molar-refractivity contribution in [3.63, 3.8) is 0 Å². The molecule has 142 valence electrons. The number of aromatic nitrogens is 1. The molecule has 9 heteroatoms. The highest BCUT2D eigenvalue weighted by molar-refractivity contribution is 9.10. The van der Waals surface area contributed by atoms with E-state index in [1.54, 1.807) is 36.4 Å². The first-order chi connectivity index (χ1) is 13.1. The van der Waals surface area contributed by atoms with Gasteiger partial charge in [0.2, 0.25) is 4.80 Å². The van der Waals surface area contributed by atoms with Gasteiger partial charge in [-0.15, -0.1) is 11.3 Å². The van der Waals surface area contributed by atoms with Crippen LogP contribution in [-0.2, 0) is 4.74 Å². The van der Waals surface area contributed by atoms with Gasteiger partial charge in [0.1, 0.15) is 5.69 Å². The first kappa shape index (κ1) is 19.4. The summed E-state index contributed by atoms with van der Waals surface area (Å²) in [5, 5.41) is 16.5. The standard InChI is InChI=1S/C18H18BrN3O4S/c1-24-7-5-20-18-22(14(11-27-18)15-4-3-6-26-15)21-10-12-8-13(19)17(23)16(9-12)25-2/h3-4,6,8-11,23H,5,7H2,1-2H3. The van der Waals surface area contributed by atoms with Gasteiger partial charge in [0, 0.05) is 12.5 Å². The van der Waals surface area contributed by atoms with Crippen molar-refractivity contribution in [2.24, 2.45) is 10.1 Å². The molecule has 2 aromatic heterocycles. The van der Waals surface area contributed by atoms with Crippen LogP contribution in [0.5, 0.6) is 11.5 Å². The Labute approximate surface area is 168 Å². The van der Waals surface area contributed by atoms with E-state index in [9.17, 15) is 5.11 Å². The maximum Gasteiger partial charge on any atom is 0.206 e. The van der Waals surface area contributed by atoms with Gasteiger partial charge in [0.15, 0.2) is 17.3 Å². The summed E-state index contributed by atoms with van der Waals surface area (Å²) in [6.45, 7) is 1.06. The smallest absolute Gasteiger partial charge is 0.206 e. The minimum atomic E-state index is 0.0457. The Morgan fingerprint density at radius 2 is 2.22 bits per heavy atom. The summed E-state index contributed by atoms with van der Waals surface area (Å²) in [4.78, 5) is 5.25. The summed E-state index contributed by atoms with van der Waals surface area (Å²) in [7, 11) is 3.14. The summed E-state index contributed by atoms with van der Waals surface area (Å²) in [6, 6.07) is 7.14. The maximum absolute atomic E-state index is 9.95. The zero-order valence-electron chi connectivity index (χ0n) is 14.8. The van der Waals surface area contributed by atoms with Crippen LogP contribution in [0.4, 0.5) is 0 Å². The number of rotatable bonds is 7. The van der Waals surface area contributed by atoms with Crippen LogP contribution in [0.3, 0.4) is 0 Å². The van der Waals surface area contributed by atoms with Crippen molar-refractivity contribution in [1.82, 2.24) is 4.68 Å². The minimum Gasteiger partial charge on any atom is -0.503 e. The monoisotopic (exact) mass is 451 g/mol. The van der Waals surface area contributed by atoms with Crippen LogP contribution in [-0.4, -0.2) is 43.4 Å². The molecule has 2 heterocycles. The van der Waals surface area contributed by atoms with E-state index in [-0.39, 0.29) is 5.75 Å². The third-order valence-corrected chi connectivity index (χ3v) is 5.05. The molecule has 3 aromatic rings. The van der Waals surface area contributed by atoms with E-state index >= 15 is 0 Å². The highest BCUT2D eigenvalue weighted by Crippen LogP contribution is 2.34. The fourth-order valence-corrected chi connectivity index (χ4v) is 3.60. The number of phenols is 1. The van der Waals surface area contributed by atoms with Gasteiger partial charge in [-0.25, -0.2) is 4.68 Å². The lowest BCUT2D eigenvalue weighted by Crippen LogP contribution is -2.13. The normalized spacial score (nSPS) is 12.2. The van der Waals surface area contributed by atoms with Gasteiger partial charge in [0.25, 0.3) is 0 Å². The SMILES string of the molecule is COCCN=c1scc(-c2ccco2)n1N=Cc1cc(Br)c(O)c(OC)c1. The number of thiazole rings is 1.